The van der Waals surface area contributed by atoms with Crippen LogP contribution in [0.25, 0.3) is 5.69 Å². The summed E-state index contributed by atoms with van der Waals surface area (Å²) in [5, 5.41) is 7.41. The maximum absolute atomic E-state index is 12.7. The molecule has 0 aliphatic carbocycles. The van der Waals surface area contributed by atoms with Crippen LogP contribution in [0.15, 0.2) is 30.3 Å². The van der Waals surface area contributed by atoms with E-state index in [9.17, 15) is 14.4 Å². The number of anilines is 1. The highest BCUT2D eigenvalue weighted by Crippen LogP contribution is 2.36. The number of nitrogens with zero attached hydrogens (tertiary/aromatic N) is 3. The molecule has 0 saturated carbocycles. The quantitative estimate of drug-likeness (QED) is 0.756. The number of fused-ring (bicyclic) bond motifs is 1. The van der Waals surface area contributed by atoms with E-state index in [2.05, 4.69) is 10.4 Å². The maximum Gasteiger partial charge on any atom is 0.315 e. The lowest BCUT2D eigenvalue weighted by atomic mass is 9.96. The number of thioether (sulfide) groups is 1. The van der Waals surface area contributed by atoms with Gasteiger partial charge in [-0.15, -0.1) is 0 Å². The molecule has 3 amide bonds. The number of aromatic nitrogens is 2. The number of nitrogens with one attached hydrogen (secondary N) is 1. The van der Waals surface area contributed by atoms with Crippen LogP contribution in [0.2, 0.25) is 0 Å². The summed E-state index contributed by atoms with van der Waals surface area (Å²) in [5.74, 6) is 0.222. The summed E-state index contributed by atoms with van der Waals surface area (Å²) in [4.78, 5) is 38.0. The third kappa shape index (κ3) is 3.49. The summed E-state index contributed by atoms with van der Waals surface area (Å²) >= 11 is 1.73. The van der Waals surface area contributed by atoms with Gasteiger partial charge in [0.05, 0.1) is 11.4 Å². The van der Waals surface area contributed by atoms with E-state index in [1.807, 2.05) is 30.3 Å². The lowest BCUT2D eigenvalue weighted by Gasteiger charge is -2.30. The molecule has 2 aliphatic rings. The van der Waals surface area contributed by atoms with E-state index in [1.54, 1.807) is 16.4 Å². The molecule has 1 fully saturated rings. The predicted molar refractivity (Wildman–Crippen MR) is 106 cm³/mol. The van der Waals surface area contributed by atoms with Crippen LogP contribution in [-0.4, -0.2) is 45.5 Å². The van der Waals surface area contributed by atoms with Crippen LogP contribution in [0.4, 0.5) is 5.82 Å². The van der Waals surface area contributed by atoms with Crippen LogP contribution in [0.5, 0.6) is 0 Å². The molecular formula is C19H21N5O3S. The van der Waals surface area contributed by atoms with E-state index in [0.717, 1.165) is 28.5 Å². The van der Waals surface area contributed by atoms with Gasteiger partial charge in [0, 0.05) is 36.1 Å². The van der Waals surface area contributed by atoms with Crippen molar-refractivity contribution in [2.45, 2.75) is 24.3 Å². The fraction of sp³-hybridized carbons (Fsp3) is 0.368. The van der Waals surface area contributed by atoms with Crippen LogP contribution < -0.4 is 11.1 Å². The van der Waals surface area contributed by atoms with Gasteiger partial charge in [0.2, 0.25) is 5.91 Å². The zero-order valence-electron chi connectivity index (χ0n) is 15.3. The fourth-order valence-electron chi connectivity index (χ4n) is 3.57. The smallest absolute Gasteiger partial charge is 0.315 e. The lowest BCUT2D eigenvalue weighted by molar-refractivity contribution is -0.144. The molecule has 4 rings (SSSR count). The second kappa shape index (κ2) is 7.67. The first-order valence-corrected chi connectivity index (χ1v) is 10.3. The van der Waals surface area contributed by atoms with Gasteiger partial charge in [0.1, 0.15) is 5.82 Å². The van der Waals surface area contributed by atoms with E-state index >= 15 is 0 Å². The monoisotopic (exact) mass is 399 g/mol. The van der Waals surface area contributed by atoms with Gasteiger partial charge in [-0.1, -0.05) is 18.2 Å². The molecule has 146 valence electrons. The van der Waals surface area contributed by atoms with Crippen molar-refractivity contribution in [2.24, 2.45) is 11.7 Å². The normalized spacial score (nSPS) is 16.6. The Hall–Kier alpha value is -2.81. The number of primary amides is 1. The maximum atomic E-state index is 12.7. The van der Waals surface area contributed by atoms with Crippen molar-refractivity contribution in [2.75, 3.05) is 18.4 Å². The molecule has 8 nitrogen and oxygen atoms in total. The topological polar surface area (TPSA) is 110 Å². The number of carbonyl (C=O) groups excluding carboxylic acids is 3. The third-order valence-corrected chi connectivity index (χ3v) is 6.13. The number of para-hydroxylation sites is 1. The minimum atomic E-state index is -0.686. The van der Waals surface area contributed by atoms with E-state index in [-0.39, 0.29) is 11.8 Å². The molecule has 1 aromatic heterocycles. The highest BCUT2D eigenvalue weighted by molar-refractivity contribution is 7.98. The van der Waals surface area contributed by atoms with Gasteiger partial charge in [-0.05, 0) is 25.0 Å². The van der Waals surface area contributed by atoms with E-state index in [0.29, 0.717) is 31.7 Å². The van der Waals surface area contributed by atoms with Crippen LogP contribution in [0, 0.1) is 5.92 Å². The summed E-state index contributed by atoms with van der Waals surface area (Å²) in [6.07, 6.45) is 0.977. The van der Waals surface area contributed by atoms with Crippen molar-refractivity contribution in [3.63, 3.8) is 0 Å². The largest absolute Gasteiger partial charge is 0.369 e. The van der Waals surface area contributed by atoms with Gasteiger partial charge in [-0.3, -0.25) is 14.4 Å². The molecular weight excluding hydrogens is 378 g/mol. The van der Waals surface area contributed by atoms with E-state index < -0.39 is 11.8 Å². The fourth-order valence-corrected chi connectivity index (χ4v) is 4.60. The Kier molecular flexibility index (Phi) is 5.08. The zero-order valence-corrected chi connectivity index (χ0v) is 16.1. The summed E-state index contributed by atoms with van der Waals surface area (Å²) in [6.45, 7) is 0.706. The number of likely N-dealkylation sites (tertiary alicyclic amines) is 1. The Morgan fingerprint density at radius 1 is 1.11 bits per heavy atom. The summed E-state index contributed by atoms with van der Waals surface area (Å²) in [5.41, 5.74) is 8.05. The average Bonchev–Trinajstić information content (AvgIpc) is 3.30. The van der Waals surface area contributed by atoms with Crippen LogP contribution >= 0.6 is 11.8 Å². The second-order valence-corrected chi connectivity index (χ2v) is 7.92. The Morgan fingerprint density at radius 3 is 2.50 bits per heavy atom. The minimum Gasteiger partial charge on any atom is -0.369 e. The molecule has 0 unspecified atom stereocenters. The summed E-state index contributed by atoms with van der Waals surface area (Å²) < 4.78 is 1.69. The molecule has 1 aromatic carbocycles. The first kappa shape index (κ1) is 18.5. The molecule has 0 atom stereocenters. The standard InChI is InChI=1S/C19H21N5O3S/c20-16(25)12-6-8-23(9-7-12)19(27)18(26)21-17-14-10-28-11-15(14)22-24(17)13-4-2-1-3-5-13/h1-5,12H,6-11H2,(H2,20,25)(H,21,26). The molecule has 0 bridgehead atoms. The van der Waals surface area contributed by atoms with Crippen molar-refractivity contribution in [3.8, 4) is 5.69 Å². The number of benzene rings is 1. The van der Waals surface area contributed by atoms with Gasteiger partial charge in [0.25, 0.3) is 0 Å². The van der Waals surface area contributed by atoms with Gasteiger partial charge in [-0.25, -0.2) is 4.68 Å². The Morgan fingerprint density at radius 2 is 1.82 bits per heavy atom. The average molecular weight is 399 g/mol. The Bertz CT molecular complexity index is 919. The summed E-state index contributed by atoms with van der Waals surface area (Å²) in [7, 11) is 0. The number of hydrogen-bond donors (Lipinski definition) is 2. The van der Waals surface area contributed by atoms with E-state index in [1.165, 1.54) is 4.90 Å². The van der Waals surface area contributed by atoms with Crippen LogP contribution in [0.3, 0.4) is 0 Å². The molecule has 28 heavy (non-hydrogen) atoms. The van der Waals surface area contributed by atoms with Crippen molar-refractivity contribution in [1.82, 2.24) is 14.7 Å². The summed E-state index contributed by atoms with van der Waals surface area (Å²) in [6, 6.07) is 9.52. The van der Waals surface area contributed by atoms with Gasteiger partial charge in [-0.2, -0.15) is 16.9 Å². The Balaban J connectivity index is 1.52. The third-order valence-electron chi connectivity index (χ3n) is 5.16. The number of nitrogens with two attached hydrogens (primary N) is 1. The second-order valence-electron chi connectivity index (χ2n) is 6.94. The number of rotatable bonds is 3. The molecule has 0 radical (unpaired) electrons. The highest BCUT2D eigenvalue weighted by atomic mass is 32.2. The van der Waals surface area contributed by atoms with Crippen molar-refractivity contribution in [3.05, 3.63) is 41.6 Å². The van der Waals surface area contributed by atoms with Gasteiger partial charge < -0.3 is 16.0 Å². The highest BCUT2D eigenvalue weighted by Gasteiger charge is 2.31. The predicted octanol–water partition coefficient (Wildman–Crippen LogP) is 1.28. The molecule has 2 aromatic rings. The SMILES string of the molecule is NC(=O)C1CCN(C(=O)C(=O)Nc2c3c(nn2-c2ccccc2)CSC3)CC1. The molecule has 0 spiro atoms. The van der Waals surface area contributed by atoms with Gasteiger partial charge in [0.15, 0.2) is 0 Å². The molecule has 9 heteroatoms. The molecule has 1 saturated heterocycles. The zero-order chi connectivity index (χ0) is 19.7. The van der Waals surface area contributed by atoms with Crippen molar-refractivity contribution in [1.29, 1.82) is 0 Å². The van der Waals surface area contributed by atoms with Crippen molar-refractivity contribution >= 4 is 35.3 Å². The van der Waals surface area contributed by atoms with Crippen LogP contribution in [-0.2, 0) is 25.9 Å². The number of piperidine rings is 1. The minimum absolute atomic E-state index is 0.230. The first-order chi connectivity index (χ1) is 13.5. The van der Waals surface area contributed by atoms with Crippen LogP contribution in [0.1, 0.15) is 24.1 Å². The molecule has 3 heterocycles. The number of hydrogen-bond acceptors (Lipinski definition) is 5. The van der Waals surface area contributed by atoms with Crippen molar-refractivity contribution < 1.29 is 14.4 Å². The molecule has 2 aliphatic heterocycles. The number of amides is 3. The molecule has 3 N–H and O–H groups in total. The van der Waals surface area contributed by atoms with Gasteiger partial charge >= 0.3 is 11.8 Å². The number of carbonyl (C=O) groups is 3. The van der Waals surface area contributed by atoms with E-state index in [4.69, 9.17) is 5.73 Å². The lowest BCUT2D eigenvalue weighted by Crippen LogP contribution is -2.46. The first-order valence-electron chi connectivity index (χ1n) is 9.18. The Labute approximate surface area is 166 Å².